The molecule has 0 radical (unpaired) electrons. The zero-order valence-corrected chi connectivity index (χ0v) is 10.6. The Morgan fingerprint density at radius 1 is 1.11 bits per heavy atom. The van der Waals surface area contributed by atoms with Crippen molar-refractivity contribution in [3.63, 3.8) is 0 Å². The molecule has 0 spiro atoms. The van der Waals surface area contributed by atoms with Gasteiger partial charge in [0.2, 0.25) is 0 Å². The maximum Gasteiger partial charge on any atom is 0.488 e. The molecule has 0 fully saturated rings. The topological polar surface area (TPSA) is 49.7 Å². The monoisotopic (exact) mass is 280 g/mol. The van der Waals surface area contributed by atoms with Crippen molar-refractivity contribution in [3.05, 3.63) is 58.9 Å². The van der Waals surface area contributed by atoms with Gasteiger partial charge in [-0.2, -0.15) is 0 Å². The van der Waals surface area contributed by atoms with Gasteiger partial charge in [-0.05, 0) is 23.2 Å². The molecule has 0 aromatic heterocycles. The van der Waals surface area contributed by atoms with Crippen LogP contribution in [0.25, 0.3) is 0 Å². The van der Waals surface area contributed by atoms with Crippen LogP contribution in [0.15, 0.2) is 42.5 Å². The second-order valence-electron chi connectivity index (χ2n) is 3.91. The molecular formula is C13H11BClFO3. The molecule has 98 valence electrons. The molecule has 6 heteroatoms. The average Bonchev–Trinajstić information content (AvgIpc) is 2.40. The lowest BCUT2D eigenvalue weighted by atomic mass is 9.77. The summed E-state index contributed by atoms with van der Waals surface area (Å²) in [4.78, 5) is 0. The smallest absolute Gasteiger partial charge is 0.486 e. The Balaban J connectivity index is 2.17. The largest absolute Gasteiger partial charge is 0.488 e. The molecule has 2 aromatic carbocycles. The van der Waals surface area contributed by atoms with E-state index in [1.807, 2.05) is 0 Å². The average molecular weight is 280 g/mol. The van der Waals surface area contributed by atoms with Crippen molar-refractivity contribution in [1.82, 2.24) is 0 Å². The van der Waals surface area contributed by atoms with Gasteiger partial charge in [-0.1, -0.05) is 41.9 Å². The molecule has 0 bridgehead atoms. The van der Waals surface area contributed by atoms with Gasteiger partial charge >= 0.3 is 7.12 Å². The summed E-state index contributed by atoms with van der Waals surface area (Å²) < 4.78 is 18.9. The van der Waals surface area contributed by atoms with Crippen molar-refractivity contribution >= 4 is 24.2 Å². The molecule has 0 saturated heterocycles. The van der Waals surface area contributed by atoms with E-state index in [9.17, 15) is 14.4 Å². The van der Waals surface area contributed by atoms with Gasteiger partial charge in [0, 0.05) is 0 Å². The van der Waals surface area contributed by atoms with E-state index in [4.69, 9.17) is 16.3 Å². The minimum Gasteiger partial charge on any atom is -0.486 e. The van der Waals surface area contributed by atoms with Crippen molar-refractivity contribution in [2.75, 3.05) is 0 Å². The zero-order valence-electron chi connectivity index (χ0n) is 9.88. The van der Waals surface area contributed by atoms with E-state index >= 15 is 0 Å². The molecule has 0 unspecified atom stereocenters. The maximum atomic E-state index is 13.6. The second kappa shape index (κ2) is 6.06. The molecule has 2 rings (SSSR count). The van der Waals surface area contributed by atoms with Gasteiger partial charge in [-0.15, -0.1) is 0 Å². The van der Waals surface area contributed by atoms with E-state index in [2.05, 4.69) is 0 Å². The zero-order chi connectivity index (χ0) is 13.8. The molecule has 0 amide bonds. The number of rotatable bonds is 4. The quantitative estimate of drug-likeness (QED) is 0.839. The van der Waals surface area contributed by atoms with Crippen LogP contribution in [-0.2, 0) is 6.61 Å². The summed E-state index contributed by atoms with van der Waals surface area (Å²) in [6, 6.07) is 11.1. The molecular weight excluding hydrogens is 269 g/mol. The van der Waals surface area contributed by atoms with E-state index in [-0.39, 0.29) is 17.4 Å². The van der Waals surface area contributed by atoms with Gasteiger partial charge < -0.3 is 14.8 Å². The molecule has 2 N–H and O–H groups in total. The predicted octanol–water partition coefficient (Wildman–Crippen LogP) is 1.74. The van der Waals surface area contributed by atoms with Crippen LogP contribution in [0.2, 0.25) is 5.02 Å². The summed E-state index contributed by atoms with van der Waals surface area (Å²) >= 11 is 5.64. The number of benzene rings is 2. The third-order valence-electron chi connectivity index (χ3n) is 2.63. The maximum absolute atomic E-state index is 13.6. The number of halogens is 2. The van der Waals surface area contributed by atoms with Crippen molar-refractivity contribution in [2.45, 2.75) is 6.61 Å². The van der Waals surface area contributed by atoms with Crippen LogP contribution in [0.4, 0.5) is 4.39 Å². The standard InChI is InChI=1S/C13H11BClFO3/c15-11-6-3-7-12(13(11)16)19-8-9-4-1-2-5-10(9)14(17)18/h1-7,17-18H,8H2. The van der Waals surface area contributed by atoms with Gasteiger partial charge in [-0.25, -0.2) is 4.39 Å². The van der Waals surface area contributed by atoms with Crippen LogP contribution in [0, 0.1) is 5.82 Å². The number of hydrogen-bond donors (Lipinski definition) is 2. The molecule has 0 saturated carbocycles. The number of ether oxygens (including phenoxy) is 1. The van der Waals surface area contributed by atoms with Gasteiger partial charge in [0.1, 0.15) is 6.61 Å². The second-order valence-corrected chi connectivity index (χ2v) is 4.32. The van der Waals surface area contributed by atoms with Crippen molar-refractivity contribution < 1.29 is 19.2 Å². The van der Waals surface area contributed by atoms with Crippen molar-refractivity contribution in [1.29, 1.82) is 0 Å². The lowest BCUT2D eigenvalue weighted by molar-refractivity contribution is 0.290. The van der Waals surface area contributed by atoms with Gasteiger partial charge in [0.05, 0.1) is 5.02 Å². The Labute approximate surface area is 115 Å². The van der Waals surface area contributed by atoms with Crippen LogP contribution in [0.5, 0.6) is 5.75 Å². The Hall–Kier alpha value is -1.56. The first-order valence-corrected chi connectivity index (χ1v) is 5.98. The molecule has 3 nitrogen and oxygen atoms in total. The minimum absolute atomic E-state index is 0.0189. The Morgan fingerprint density at radius 2 is 1.84 bits per heavy atom. The third kappa shape index (κ3) is 3.26. The molecule has 0 atom stereocenters. The highest BCUT2D eigenvalue weighted by Crippen LogP contribution is 2.24. The van der Waals surface area contributed by atoms with Crippen LogP contribution < -0.4 is 10.2 Å². The van der Waals surface area contributed by atoms with Crippen LogP contribution >= 0.6 is 11.6 Å². The fraction of sp³-hybridized carbons (Fsp3) is 0.0769. The van der Waals surface area contributed by atoms with Gasteiger partial charge in [0.25, 0.3) is 0 Å². The molecule has 0 aliphatic carbocycles. The van der Waals surface area contributed by atoms with Gasteiger partial charge in [0.15, 0.2) is 11.6 Å². The Morgan fingerprint density at radius 3 is 2.58 bits per heavy atom. The summed E-state index contributed by atoms with van der Waals surface area (Å²) in [6.07, 6.45) is 0. The van der Waals surface area contributed by atoms with Crippen molar-refractivity contribution in [3.8, 4) is 5.75 Å². The first-order valence-electron chi connectivity index (χ1n) is 5.60. The molecule has 19 heavy (non-hydrogen) atoms. The predicted molar refractivity (Wildman–Crippen MR) is 72.0 cm³/mol. The van der Waals surface area contributed by atoms with Crippen LogP contribution in [0.1, 0.15) is 5.56 Å². The van der Waals surface area contributed by atoms with E-state index in [1.165, 1.54) is 12.1 Å². The fourth-order valence-corrected chi connectivity index (χ4v) is 1.83. The summed E-state index contributed by atoms with van der Waals surface area (Å²) in [5, 5.41) is 18.4. The molecule has 2 aromatic rings. The Bertz CT molecular complexity index is 578. The summed E-state index contributed by atoms with van der Waals surface area (Å²) in [5.74, 6) is -0.610. The minimum atomic E-state index is -1.59. The summed E-state index contributed by atoms with van der Waals surface area (Å²) in [7, 11) is -1.59. The fourth-order valence-electron chi connectivity index (χ4n) is 1.67. The normalized spacial score (nSPS) is 10.3. The molecule has 0 aliphatic heterocycles. The lowest BCUT2D eigenvalue weighted by Crippen LogP contribution is -2.33. The molecule has 0 heterocycles. The summed E-state index contributed by atoms with van der Waals surface area (Å²) in [5.41, 5.74) is 0.891. The highest BCUT2D eigenvalue weighted by Gasteiger charge is 2.16. The summed E-state index contributed by atoms with van der Waals surface area (Å²) in [6.45, 7) is 0.0189. The lowest BCUT2D eigenvalue weighted by Gasteiger charge is -2.11. The van der Waals surface area contributed by atoms with E-state index < -0.39 is 12.9 Å². The van der Waals surface area contributed by atoms with Gasteiger partial charge in [-0.3, -0.25) is 0 Å². The first-order chi connectivity index (χ1) is 9.09. The Kier molecular flexibility index (Phi) is 4.42. The highest BCUT2D eigenvalue weighted by molar-refractivity contribution is 6.59. The highest BCUT2D eigenvalue weighted by atomic mass is 35.5. The third-order valence-corrected chi connectivity index (χ3v) is 2.92. The SMILES string of the molecule is OB(O)c1ccccc1COc1cccc(Cl)c1F. The van der Waals surface area contributed by atoms with Crippen molar-refractivity contribution in [2.24, 2.45) is 0 Å². The number of hydrogen-bond acceptors (Lipinski definition) is 3. The first kappa shape index (κ1) is 13.9. The van der Waals surface area contributed by atoms with Crippen LogP contribution in [-0.4, -0.2) is 17.2 Å². The van der Waals surface area contributed by atoms with Crippen LogP contribution in [0.3, 0.4) is 0 Å². The van der Waals surface area contributed by atoms with E-state index in [1.54, 1.807) is 30.3 Å². The molecule has 0 aliphatic rings. The van der Waals surface area contributed by atoms with E-state index in [0.717, 1.165) is 0 Å². The van der Waals surface area contributed by atoms with E-state index in [0.29, 0.717) is 11.0 Å².